The maximum Gasteiger partial charge on any atom is 0.242 e. The molecule has 0 spiro atoms. The maximum atomic E-state index is 13.0. The largest absolute Gasteiger partial charge is 0.383 e. The Kier molecular flexibility index (Phi) is 3.80. The van der Waals surface area contributed by atoms with E-state index in [1.54, 1.807) is 28.9 Å². The molecule has 2 N–H and O–H groups in total. The number of aryl methyl sites for hydroxylation is 1. The average Bonchev–Trinajstić information content (AvgIpc) is 3.11. The van der Waals surface area contributed by atoms with Crippen LogP contribution in [-0.4, -0.2) is 21.6 Å². The van der Waals surface area contributed by atoms with Crippen molar-refractivity contribution in [3.8, 4) is 5.69 Å². The zero-order valence-corrected chi connectivity index (χ0v) is 14.3. The van der Waals surface area contributed by atoms with Crippen molar-refractivity contribution in [1.29, 1.82) is 0 Å². The smallest absolute Gasteiger partial charge is 0.242 e. The number of rotatable bonds is 3. The van der Waals surface area contributed by atoms with Crippen molar-refractivity contribution in [1.82, 2.24) is 9.78 Å². The molecule has 2 aromatic carbocycles. The van der Waals surface area contributed by atoms with E-state index in [1.165, 1.54) is 4.90 Å². The molecule has 0 aliphatic carbocycles. The summed E-state index contributed by atoms with van der Waals surface area (Å²) >= 11 is 0. The fraction of sp³-hybridized carbons (Fsp3) is 0.150. The Morgan fingerprint density at radius 1 is 0.962 bits per heavy atom. The van der Waals surface area contributed by atoms with Crippen molar-refractivity contribution in [2.45, 2.75) is 19.3 Å². The van der Waals surface area contributed by atoms with Gasteiger partial charge in [-0.15, -0.1) is 0 Å². The molecule has 3 aromatic rings. The molecule has 1 fully saturated rings. The highest BCUT2D eigenvalue weighted by atomic mass is 16.2. The van der Waals surface area contributed by atoms with Gasteiger partial charge in [0.15, 0.2) is 0 Å². The molecule has 2 amide bonds. The van der Waals surface area contributed by atoms with Gasteiger partial charge in [0.1, 0.15) is 5.82 Å². The lowest BCUT2D eigenvalue weighted by Crippen LogP contribution is -2.30. The van der Waals surface area contributed by atoms with Crippen molar-refractivity contribution in [3.63, 3.8) is 0 Å². The van der Waals surface area contributed by atoms with Crippen molar-refractivity contribution >= 4 is 23.3 Å². The molecule has 2 heterocycles. The Bertz CT molecular complexity index is 980. The van der Waals surface area contributed by atoms with Gasteiger partial charge in [0.2, 0.25) is 11.8 Å². The molecule has 1 aromatic heterocycles. The molecule has 0 bridgehead atoms. The highest BCUT2D eigenvalue weighted by Crippen LogP contribution is 2.37. The Morgan fingerprint density at radius 2 is 1.54 bits per heavy atom. The van der Waals surface area contributed by atoms with E-state index in [4.69, 9.17) is 5.73 Å². The van der Waals surface area contributed by atoms with Crippen LogP contribution in [0.15, 0.2) is 60.7 Å². The summed E-state index contributed by atoms with van der Waals surface area (Å²) in [7, 11) is 0. The van der Waals surface area contributed by atoms with E-state index < -0.39 is 5.92 Å². The summed E-state index contributed by atoms with van der Waals surface area (Å²) in [6, 6.07) is 18.4. The fourth-order valence-corrected chi connectivity index (χ4v) is 3.46. The second-order valence-electron chi connectivity index (χ2n) is 6.29. The summed E-state index contributed by atoms with van der Waals surface area (Å²) in [5.41, 5.74) is 9.01. The quantitative estimate of drug-likeness (QED) is 0.740. The number of para-hydroxylation sites is 2. The first-order valence-electron chi connectivity index (χ1n) is 8.40. The molecule has 0 saturated carbocycles. The standard InChI is InChI=1S/C20H18N4O2/c1-13-18(19(21)24(22-13)15-10-6-3-7-11-15)16-12-17(25)23(20(16)26)14-8-4-2-5-9-14/h2-11,16H,12,21H2,1H3. The molecule has 1 aliphatic heterocycles. The van der Waals surface area contributed by atoms with Gasteiger partial charge >= 0.3 is 0 Å². The van der Waals surface area contributed by atoms with Crippen LogP contribution < -0.4 is 10.6 Å². The molecule has 1 aliphatic rings. The van der Waals surface area contributed by atoms with Gasteiger partial charge in [-0.25, -0.2) is 4.68 Å². The van der Waals surface area contributed by atoms with Crippen LogP contribution in [-0.2, 0) is 9.59 Å². The van der Waals surface area contributed by atoms with Crippen LogP contribution in [0.1, 0.15) is 23.6 Å². The van der Waals surface area contributed by atoms with Gasteiger partial charge < -0.3 is 5.73 Å². The average molecular weight is 346 g/mol. The second-order valence-corrected chi connectivity index (χ2v) is 6.29. The normalized spacial score (nSPS) is 17.1. The first-order chi connectivity index (χ1) is 12.6. The van der Waals surface area contributed by atoms with Gasteiger partial charge in [-0.3, -0.25) is 14.5 Å². The number of carbonyl (C=O) groups is 2. The van der Waals surface area contributed by atoms with Crippen molar-refractivity contribution in [2.24, 2.45) is 0 Å². The topological polar surface area (TPSA) is 81.2 Å². The fourth-order valence-electron chi connectivity index (χ4n) is 3.46. The lowest BCUT2D eigenvalue weighted by atomic mass is 9.97. The first kappa shape index (κ1) is 16.1. The number of carbonyl (C=O) groups excluding carboxylic acids is 2. The van der Waals surface area contributed by atoms with Crippen LogP contribution in [0.2, 0.25) is 0 Å². The Balaban J connectivity index is 1.74. The number of benzene rings is 2. The molecule has 1 unspecified atom stereocenters. The molecule has 4 rings (SSSR count). The predicted molar refractivity (Wildman–Crippen MR) is 99.0 cm³/mol. The lowest BCUT2D eigenvalue weighted by Gasteiger charge is -2.15. The van der Waals surface area contributed by atoms with Gasteiger partial charge in [0.25, 0.3) is 0 Å². The number of nitrogen functional groups attached to an aromatic ring is 1. The number of nitrogens with zero attached hydrogens (tertiary/aromatic N) is 3. The van der Waals surface area contributed by atoms with E-state index in [0.717, 1.165) is 5.69 Å². The Labute approximate surface area is 150 Å². The van der Waals surface area contributed by atoms with E-state index in [2.05, 4.69) is 5.10 Å². The number of nitrogens with two attached hydrogens (primary N) is 1. The highest BCUT2D eigenvalue weighted by molar-refractivity contribution is 6.23. The summed E-state index contributed by atoms with van der Waals surface area (Å²) in [5.74, 6) is -0.698. The molecule has 1 saturated heterocycles. The number of aromatic nitrogens is 2. The van der Waals surface area contributed by atoms with Gasteiger partial charge in [-0.2, -0.15) is 5.10 Å². The number of anilines is 2. The van der Waals surface area contributed by atoms with Crippen LogP contribution in [0.4, 0.5) is 11.5 Å². The SMILES string of the molecule is Cc1nn(-c2ccccc2)c(N)c1C1CC(=O)N(c2ccccc2)C1=O. The second kappa shape index (κ2) is 6.15. The van der Waals surface area contributed by atoms with Crippen LogP contribution in [0, 0.1) is 6.92 Å². The summed E-state index contributed by atoms with van der Waals surface area (Å²) in [4.78, 5) is 26.7. The van der Waals surface area contributed by atoms with Crippen LogP contribution >= 0.6 is 0 Å². The molecular formula is C20H18N4O2. The van der Waals surface area contributed by atoms with Gasteiger partial charge in [-0.05, 0) is 31.2 Å². The van der Waals surface area contributed by atoms with Crippen LogP contribution in [0.5, 0.6) is 0 Å². The van der Waals surface area contributed by atoms with Crippen LogP contribution in [0.25, 0.3) is 5.69 Å². The molecule has 130 valence electrons. The zero-order valence-electron chi connectivity index (χ0n) is 14.3. The molecule has 1 atom stereocenters. The number of imide groups is 1. The van der Waals surface area contributed by atoms with Gasteiger partial charge in [0, 0.05) is 12.0 Å². The Morgan fingerprint density at radius 3 is 2.15 bits per heavy atom. The van der Waals surface area contributed by atoms with Crippen molar-refractivity contribution in [2.75, 3.05) is 10.6 Å². The summed E-state index contributed by atoms with van der Waals surface area (Å²) in [5, 5.41) is 4.49. The third-order valence-electron chi connectivity index (χ3n) is 4.65. The first-order valence-corrected chi connectivity index (χ1v) is 8.40. The minimum atomic E-state index is -0.611. The van der Waals surface area contributed by atoms with Crippen molar-refractivity contribution < 1.29 is 9.59 Å². The summed E-state index contributed by atoms with van der Waals surface area (Å²) in [6.45, 7) is 1.81. The third-order valence-corrected chi connectivity index (χ3v) is 4.65. The van der Waals surface area contributed by atoms with Gasteiger partial charge in [-0.1, -0.05) is 36.4 Å². The minimum absolute atomic E-state index is 0.0965. The molecular weight excluding hydrogens is 328 g/mol. The lowest BCUT2D eigenvalue weighted by molar-refractivity contribution is -0.121. The van der Waals surface area contributed by atoms with E-state index >= 15 is 0 Å². The molecule has 6 heteroatoms. The van der Waals surface area contributed by atoms with E-state index in [9.17, 15) is 9.59 Å². The summed E-state index contributed by atoms with van der Waals surface area (Å²) < 4.78 is 1.62. The number of amides is 2. The molecule has 26 heavy (non-hydrogen) atoms. The summed E-state index contributed by atoms with van der Waals surface area (Å²) in [6.07, 6.45) is 0.0965. The monoisotopic (exact) mass is 346 g/mol. The zero-order chi connectivity index (χ0) is 18.3. The van der Waals surface area contributed by atoms with E-state index in [0.29, 0.717) is 22.8 Å². The number of hydrogen-bond donors (Lipinski definition) is 1. The third kappa shape index (κ3) is 2.47. The minimum Gasteiger partial charge on any atom is -0.383 e. The molecule has 6 nitrogen and oxygen atoms in total. The maximum absolute atomic E-state index is 13.0. The van der Waals surface area contributed by atoms with E-state index in [1.807, 2.05) is 43.3 Å². The van der Waals surface area contributed by atoms with E-state index in [-0.39, 0.29) is 18.2 Å². The number of hydrogen-bond acceptors (Lipinski definition) is 4. The van der Waals surface area contributed by atoms with Gasteiger partial charge in [0.05, 0.1) is 23.0 Å². The molecule has 0 radical (unpaired) electrons. The predicted octanol–water partition coefficient (Wildman–Crippen LogP) is 2.81. The van der Waals surface area contributed by atoms with Crippen LogP contribution in [0.3, 0.4) is 0 Å². The Hall–Kier alpha value is -3.41. The highest BCUT2D eigenvalue weighted by Gasteiger charge is 2.43. The van der Waals surface area contributed by atoms with Crippen molar-refractivity contribution in [3.05, 3.63) is 71.9 Å².